The number of H-pyrrole nitrogens is 1. The van der Waals surface area contributed by atoms with E-state index in [1.54, 1.807) is 26.0 Å². The summed E-state index contributed by atoms with van der Waals surface area (Å²) in [6.45, 7) is 9.43. The molecule has 3 rings (SSSR count). The summed E-state index contributed by atoms with van der Waals surface area (Å²) in [6.07, 6.45) is 0. The molecule has 4 N–H and O–H groups in total. The Hall–Kier alpha value is -3.27. The number of aromatic amines is 1. The van der Waals surface area contributed by atoms with E-state index in [1.807, 2.05) is 20.8 Å². The van der Waals surface area contributed by atoms with E-state index in [0.29, 0.717) is 27.7 Å². The van der Waals surface area contributed by atoms with Crippen LogP contribution in [-0.4, -0.2) is 50.6 Å². The van der Waals surface area contributed by atoms with E-state index in [4.69, 9.17) is 16.3 Å². The summed E-state index contributed by atoms with van der Waals surface area (Å²) in [4.78, 5) is 27.0. The van der Waals surface area contributed by atoms with Gasteiger partial charge in [-0.2, -0.15) is 5.10 Å². The SMILES string of the molecule is COC(=O)C(C)(C)CNC(=O)Nc1ccc(-c2nn3nc(C(C)(C)C)c(Cl)c3[nH]2)c(O)c1. The van der Waals surface area contributed by atoms with Gasteiger partial charge in [-0.1, -0.05) is 32.4 Å². The molecular weight excluding hydrogens is 436 g/mol. The molecule has 0 spiro atoms. The van der Waals surface area contributed by atoms with Crippen molar-refractivity contribution >= 4 is 34.9 Å². The predicted molar refractivity (Wildman–Crippen MR) is 121 cm³/mol. The Morgan fingerprint density at radius 1 is 1.22 bits per heavy atom. The van der Waals surface area contributed by atoms with Crippen LogP contribution in [0.3, 0.4) is 0 Å². The quantitative estimate of drug-likeness (QED) is 0.427. The largest absolute Gasteiger partial charge is 0.507 e. The van der Waals surface area contributed by atoms with Crippen molar-refractivity contribution in [3.63, 3.8) is 0 Å². The second kappa shape index (κ2) is 8.34. The third kappa shape index (κ3) is 4.64. The molecule has 10 nitrogen and oxygen atoms in total. The van der Waals surface area contributed by atoms with Crippen molar-refractivity contribution in [1.29, 1.82) is 0 Å². The molecular formula is C21H27ClN6O4. The number of halogens is 1. The number of fused-ring (bicyclic) bond motifs is 1. The molecule has 0 radical (unpaired) electrons. The van der Waals surface area contributed by atoms with E-state index in [9.17, 15) is 14.7 Å². The minimum Gasteiger partial charge on any atom is -0.507 e. The smallest absolute Gasteiger partial charge is 0.319 e. The number of phenolic OH excluding ortho intramolecular Hbond substituents is 1. The number of esters is 1. The zero-order valence-corrected chi connectivity index (χ0v) is 19.6. The highest BCUT2D eigenvalue weighted by Crippen LogP contribution is 2.34. The van der Waals surface area contributed by atoms with Gasteiger partial charge in [0.05, 0.1) is 23.8 Å². The number of hydrogen-bond donors (Lipinski definition) is 4. The highest BCUT2D eigenvalue weighted by Gasteiger charge is 2.29. The molecule has 2 amide bonds. The summed E-state index contributed by atoms with van der Waals surface area (Å²) in [5.41, 5.74) is 0.915. The number of nitrogens with zero attached hydrogens (tertiary/aromatic N) is 3. The van der Waals surface area contributed by atoms with Crippen LogP contribution in [0.1, 0.15) is 40.3 Å². The number of amides is 2. The Kier molecular flexibility index (Phi) is 6.10. The van der Waals surface area contributed by atoms with Crippen LogP contribution in [0.5, 0.6) is 5.75 Å². The molecule has 0 saturated heterocycles. The van der Waals surface area contributed by atoms with Gasteiger partial charge in [0.15, 0.2) is 11.5 Å². The first-order valence-corrected chi connectivity index (χ1v) is 10.3. The molecule has 0 fully saturated rings. The first-order chi connectivity index (χ1) is 14.8. The van der Waals surface area contributed by atoms with Crippen molar-refractivity contribution in [3.8, 4) is 17.1 Å². The molecule has 2 heterocycles. The van der Waals surface area contributed by atoms with Gasteiger partial charge in [0.25, 0.3) is 0 Å². The van der Waals surface area contributed by atoms with Crippen LogP contribution in [-0.2, 0) is 14.9 Å². The van der Waals surface area contributed by atoms with Crippen molar-refractivity contribution < 1.29 is 19.4 Å². The second-order valence-corrected chi connectivity index (χ2v) is 9.52. The third-order valence-electron chi connectivity index (χ3n) is 4.89. The third-order valence-corrected chi connectivity index (χ3v) is 5.25. The first kappa shape index (κ1) is 23.4. The average Bonchev–Trinajstić information content (AvgIpc) is 3.25. The van der Waals surface area contributed by atoms with Crippen LogP contribution >= 0.6 is 11.6 Å². The van der Waals surface area contributed by atoms with Crippen molar-refractivity contribution in [3.05, 3.63) is 28.9 Å². The highest BCUT2D eigenvalue weighted by atomic mass is 35.5. The summed E-state index contributed by atoms with van der Waals surface area (Å²) in [7, 11) is 1.29. The van der Waals surface area contributed by atoms with Crippen LogP contribution in [0, 0.1) is 5.41 Å². The molecule has 0 atom stereocenters. The number of carbonyl (C=O) groups is 2. The molecule has 0 aliphatic carbocycles. The number of ether oxygens (including phenoxy) is 1. The van der Waals surface area contributed by atoms with Crippen LogP contribution in [0.15, 0.2) is 18.2 Å². The van der Waals surface area contributed by atoms with Crippen molar-refractivity contribution in [1.82, 2.24) is 25.1 Å². The molecule has 2 aromatic heterocycles. The van der Waals surface area contributed by atoms with Gasteiger partial charge >= 0.3 is 12.0 Å². The van der Waals surface area contributed by atoms with E-state index in [2.05, 4.69) is 25.8 Å². The lowest BCUT2D eigenvalue weighted by atomic mass is 9.92. The minimum absolute atomic E-state index is 0.0824. The maximum absolute atomic E-state index is 12.2. The molecule has 0 aliphatic rings. The fraction of sp³-hybridized carbons (Fsp3) is 0.429. The number of aromatic nitrogens is 4. The molecule has 3 aromatic rings. The number of methoxy groups -OCH3 is 1. The predicted octanol–water partition coefficient (Wildman–Crippen LogP) is 3.70. The second-order valence-electron chi connectivity index (χ2n) is 9.14. The van der Waals surface area contributed by atoms with E-state index < -0.39 is 17.4 Å². The minimum atomic E-state index is -0.872. The molecule has 11 heteroatoms. The lowest BCUT2D eigenvalue weighted by Gasteiger charge is -2.21. The summed E-state index contributed by atoms with van der Waals surface area (Å²) < 4.78 is 6.12. The Labute approximate surface area is 190 Å². The van der Waals surface area contributed by atoms with Gasteiger partial charge in [0.1, 0.15) is 10.8 Å². The van der Waals surface area contributed by atoms with Gasteiger partial charge in [-0.05, 0) is 26.0 Å². The van der Waals surface area contributed by atoms with Crippen molar-refractivity contribution in [2.75, 3.05) is 19.0 Å². The van der Waals surface area contributed by atoms with Gasteiger partial charge in [0.2, 0.25) is 0 Å². The topological polar surface area (TPSA) is 134 Å². The van der Waals surface area contributed by atoms with Gasteiger partial charge in [0, 0.05) is 23.7 Å². The fourth-order valence-electron chi connectivity index (χ4n) is 3.03. The first-order valence-electron chi connectivity index (χ1n) is 9.95. The molecule has 172 valence electrons. The molecule has 32 heavy (non-hydrogen) atoms. The van der Waals surface area contributed by atoms with Crippen LogP contribution in [0.25, 0.3) is 17.0 Å². The lowest BCUT2D eigenvalue weighted by Crippen LogP contribution is -2.41. The Balaban J connectivity index is 1.74. The molecule has 0 aliphatic heterocycles. The van der Waals surface area contributed by atoms with E-state index >= 15 is 0 Å². The normalized spacial score (nSPS) is 12.1. The molecule has 0 unspecified atom stereocenters. The number of aromatic hydroxyl groups is 1. The van der Waals surface area contributed by atoms with E-state index in [0.717, 1.165) is 5.69 Å². The molecule has 1 aromatic carbocycles. The number of nitrogens with one attached hydrogen (secondary N) is 3. The molecule has 0 bridgehead atoms. The average molecular weight is 463 g/mol. The Morgan fingerprint density at radius 3 is 2.47 bits per heavy atom. The van der Waals surface area contributed by atoms with E-state index in [-0.39, 0.29) is 17.7 Å². The number of hydrogen-bond acceptors (Lipinski definition) is 6. The van der Waals surface area contributed by atoms with Gasteiger partial charge < -0.3 is 25.5 Å². The number of rotatable bonds is 5. The fourth-order valence-corrected chi connectivity index (χ4v) is 3.48. The number of carbonyl (C=O) groups excluding carboxylic acids is 2. The zero-order valence-electron chi connectivity index (χ0n) is 18.8. The highest BCUT2D eigenvalue weighted by molar-refractivity contribution is 6.34. The maximum Gasteiger partial charge on any atom is 0.319 e. The van der Waals surface area contributed by atoms with Gasteiger partial charge in [-0.3, -0.25) is 4.79 Å². The maximum atomic E-state index is 12.2. The zero-order chi connectivity index (χ0) is 23.8. The number of anilines is 1. The summed E-state index contributed by atoms with van der Waals surface area (Å²) in [5.74, 6) is -0.149. The Morgan fingerprint density at radius 2 is 1.91 bits per heavy atom. The summed E-state index contributed by atoms with van der Waals surface area (Å²) >= 11 is 6.45. The standard InChI is InChI=1S/C21H27ClN6O4/c1-20(2,3)15-14(22)17-25-16(27-28(17)26-15)12-8-7-11(9-13(12)29)24-19(31)23-10-21(4,5)18(30)32-6/h7-9,29H,10H2,1-6H3,(H,25,27)(H2,23,24,31). The van der Waals surface area contributed by atoms with Crippen molar-refractivity contribution in [2.24, 2.45) is 5.41 Å². The van der Waals surface area contributed by atoms with E-state index in [1.165, 1.54) is 17.8 Å². The summed E-state index contributed by atoms with van der Waals surface area (Å²) in [6, 6.07) is 4.11. The van der Waals surface area contributed by atoms with Gasteiger partial charge in [-0.15, -0.1) is 9.73 Å². The molecule has 0 saturated carbocycles. The van der Waals surface area contributed by atoms with Crippen LogP contribution < -0.4 is 10.6 Å². The monoisotopic (exact) mass is 462 g/mol. The number of phenols is 1. The summed E-state index contributed by atoms with van der Waals surface area (Å²) in [5, 5.41) is 25.0. The Bertz CT molecular complexity index is 1180. The van der Waals surface area contributed by atoms with Crippen LogP contribution in [0.2, 0.25) is 5.02 Å². The lowest BCUT2D eigenvalue weighted by molar-refractivity contribution is -0.150. The van der Waals surface area contributed by atoms with Gasteiger partial charge in [-0.25, -0.2) is 4.79 Å². The number of benzene rings is 1. The van der Waals surface area contributed by atoms with Crippen molar-refractivity contribution in [2.45, 2.75) is 40.0 Å². The number of urea groups is 1. The van der Waals surface area contributed by atoms with Crippen LogP contribution in [0.4, 0.5) is 10.5 Å².